The molecule has 8 N–H and O–H groups in total. The lowest BCUT2D eigenvalue weighted by molar-refractivity contribution is -0.158. The van der Waals surface area contributed by atoms with E-state index in [0.717, 1.165) is 24.0 Å². The minimum Gasteiger partial charge on any atom is -0.456 e. The van der Waals surface area contributed by atoms with Gasteiger partial charge in [-0.05, 0) is 120 Å². The molecule has 5 aliphatic rings. The highest BCUT2D eigenvalue weighted by atomic mass is 16.5. The molecule has 2 aliphatic carbocycles. The Morgan fingerprint density at radius 2 is 1.60 bits per heavy atom. The van der Waals surface area contributed by atoms with E-state index >= 15 is 0 Å². The highest BCUT2D eigenvalue weighted by molar-refractivity contribution is 5.90. The lowest BCUT2D eigenvalue weighted by Gasteiger charge is -2.40. The number of Topliss-reactive ketones (excluding diaryl/α,β-unsaturated/α-hetero) is 1. The van der Waals surface area contributed by atoms with Crippen molar-refractivity contribution in [2.24, 2.45) is 46.8 Å². The molecule has 16 heteroatoms. The molecule has 6 rings (SSSR count). The molecule has 2 spiro atoms. The van der Waals surface area contributed by atoms with Crippen LogP contribution in [0.25, 0.3) is 0 Å². The van der Waals surface area contributed by atoms with Crippen LogP contribution in [0, 0.1) is 46.8 Å². The van der Waals surface area contributed by atoms with Crippen LogP contribution < -0.4 is 21.4 Å². The fourth-order valence-corrected chi connectivity index (χ4v) is 12.1. The predicted octanol–water partition coefficient (Wildman–Crippen LogP) is 6.88. The quantitative estimate of drug-likeness (QED) is 0.0744. The number of allylic oxidation sites excluding steroid dienone is 5. The maximum Gasteiger partial charge on any atom is 0.325 e. The number of esters is 1. The molecule has 2 bridgehead atoms. The van der Waals surface area contributed by atoms with Crippen LogP contribution in [0.1, 0.15) is 158 Å². The lowest BCUT2D eigenvalue weighted by Crippen LogP contribution is -2.65. The van der Waals surface area contributed by atoms with E-state index < -0.39 is 83.8 Å². The third-order valence-corrected chi connectivity index (χ3v) is 18.3. The van der Waals surface area contributed by atoms with E-state index in [1.807, 2.05) is 61.6 Å². The van der Waals surface area contributed by atoms with Crippen LogP contribution in [0.3, 0.4) is 0 Å². The smallest absolute Gasteiger partial charge is 0.325 e. The summed E-state index contributed by atoms with van der Waals surface area (Å²) in [5, 5.41) is 57.9. The Bertz CT molecular complexity index is 2320. The summed E-state index contributed by atoms with van der Waals surface area (Å²) in [5.74, 6) is -3.85. The van der Waals surface area contributed by atoms with E-state index in [9.17, 15) is 44.4 Å². The first-order valence-corrected chi connectivity index (χ1v) is 29.2. The zero-order valence-electron chi connectivity index (χ0n) is 48.4. The van der Waals surface area contributed by atoms with Crippen LogP contribution >= 0.6 is 0 Å². The van der Waals surface area contributed by atoms with Crippen molar-refractivity contribution in [2.45, 2.75) is 219 Å². The Balaban J connectivity index is 1.19. The summed E-state index contributed by atoms with van der Waals surface area (Å²) in [6.45, 7) is 21.5. The second-order valence-electron chi connectivity index (χ2n) is 24.6. The van der Waals surface area contributed by atoms with Gasteiger partial charge >= 0.3 is 5.97 Å². The van der Waals surface area contributed by atoms with Crippen molar-refractivity contribution in [1.82, 2.24) is 26.4 Å². The fraction of sp³-hybridized carbons (Fsp3) is 0.694. The first kappa shape index (κ1) is 62.6. The number of fused-ring (bicyclic) bond motifs is 2. The number of hydrazine groups is 1. The molecule has 4 fully saturated rings. The van der Waals surface area contributed by atoms with Gasteiger partial charge in [0.15, 0.2) is 0 Å². The van der Waals surface area contributed by atoms with Crippen LogP contribution in [0.4, 0.5) is 0 Å². The highest BCUT2D eigenvalue weighted by Crippen LogP contribution is 2.57. The molecule has 3 aliphatic heterocycles. The van der Waals surface area contributed by atoms with Crippen molar-refractivity contribution in [3.8, 4) is 0 Å². The molecule has 0 aromatic heterocycles. The number of nitrogens with zero attached hydrogens (tertiary/aromatic N) is 1. The Labute approximate surface area is 464 Å². The normalized spacial score (nSPS) is 39.4. The van der Waals surface area contributed by atoms with E-state index in [1.165, 1.54) is 13.0 Å². The van der Waals surface area contributed by atoms with Crippen molar-refractivity contribution in [1.29, 1.82) is 0 Å². The Kier molecular flexibility index (Phi) is 22.3. The number of ketones is 1. The summed E-state index contributed by atoms with van der Waals surface area (Å²) >= 11 is 0. The molecular weight excluding hydrogens is 991 g/mol. The number of aliphatic hydroxyl groups excluding tert-OH is 4. The first-order chi connectivity index (χ1) is 36.9. The second-order valence-corrected chi connectivity index (χ2v) is 24.6. The predicted molar refractivity (Wildman–Crippen MR) is 301 cm³/mol. The molecule has 434 valence electrons. The topological polar surface area (TPSA) is 236 Å². The number of cyclic esters (lactones) is 1. The number of hydrogen-bond donors (Lipinski definition) is 8. The Hall–Kier alpha value is -4.55. The van der Waals surface area contributed by atoms with E-state index in [2.05, 4.69) is 62.9 Å². The summed E-state index contributed by atoms with van der Waals surface area (Å²) in [5.41, 5.74) is 3.34. The summed E-state index contributed by atoms with van der Waals surface area (Å²) in [7, 11) is 0. The molecule has 3 amide bonds. The van der Waals surface area contributed by atoms with Gasteiger partial charge in [0.05, 0.1) is 47.4 Å². The molecule has 2 saturated carbocycles. The number of nitrogens with one attached hydrogen (secondary N) is 4. The molecule has 78 heavy (non-hydrogen) atoms. The second kappa shape index (κ2) is 27.7. The highest BCUT2D eigenvalue weighted by Gasteiger charge is 2.63. The van der Waals surface area contributed by atoms with E-state index in [1.54, 1.807) is 37.9 Å². The monoisotopic (exact) mass is 1090 g/mol. The fourth-order valence-electron chi connectivity index (χ4n) is 12.1. The zero-order chi connectivity index (χ0) is 57.2. The summed E-state index contributed by atoms with van der Waals surface area (Å²) in [4.78, 5) is 68.4. The number of ether oxygens (including phenoxy) is 2. The minimum atomic E-state index is -1.39. The van der Waals surface area contributed by atoms with Gasteiger partial charge < -0.3 is 50.6 Å². The van der Waals surface area contributed by atoms with Crippen LogP contribution in [-0.4, -0.2) is 128 Å². The van der Waals surface area contributed by atoms with Crippen molar-refractivity contribution >= 4 is 29.5 Å². The number of carbonyl (C=O) groups is 5. The van der Waals surface area contributed by atoms with Crippen molar-refractivity contribution in [3.05, 3.63) is 84.0 Å². The molecular formula is C62H95N5O11. The molecule has 0 radical (unpaired) electrons. The molecule has 3 heterocycles. The van der Waals surface area contributed by atoms with Gasteiger partial charge in [0, 0.05) is 43.7 Å². The maximum absolute atomic E-state index is 14.5. The third-order valence-electron chi connectivity index (χ3n) is 18.3. The maximum atomic E-state index is 14.5. The summed E-state index contributed by atoms with van der Waals surface area (Å²) in [6.07, 6.45) is 12.3. The van der Waals surface area contributed by atoms with Gasteiger partial charge in [0.2, 0.25) is 17.7 Å². The van der Waals surface area contributed by atoms with Gasteiger partial charge in [-0.15, -0.1) is 0 Å². The van der Waals surface area contributed by atoms with E-state index in [0.29, 0.717) is 51.0 Å². The van der Waals surface area contributed by atoms with Gasteiger partial charge in [0.1, 0.15) is 30.2 Å². The van der Waals surface area contributed by atoms with Crippen molar-refractivity contribution < 1.29 is 53.9 Å². The lowest BCUT2D eigenvalue weighted by atomic mass is 9.81. The standard InChI is InChI=1S/C62H95N5O11/c1-36(2)54-57(73)65-62(35-48(62)46-24-17-13-18-25-46)60(76)67-31-21-26-49(66-67)58(74)78-52(28-20-14-19-27-50(69)44(10)55(71)47(56(72)64-54)30-29-40(6)68)38(4)23-16-12-15-22-37(3)51(70)32-53-43(9)42(8)45(11)63-59(75)61(33-39(61)5)34-41(7)77-53/h12-14,16-20,23-25,27,36-37,39,41-45,47-55,60,66,69-71,76H,15,21-22,26,28-35H2,1-11H3,(H,63,75)(H,64,72)(H,65,73)/b16-12+,20-14+,27-19+,38-23+/t37-,39?,41-,42-,43+,44-,45-,47+,48-,49?,50-,51-,52-,53-,54-,55+,60?,61?,62?/m0/s1. The number of amides is 3. The van der Waals surface area contributed by atoms with Gasteiger partial charge in [-0.2, -0.15) is 0 Å². The van der Waals surface area contributed by atoms with Crippen LogP contribution in [0.15, 0.2) is 78.4 Å². The van der Waals surface area contributed by atoms with Crippen molar-refractivity contribution in [2.75, 3.05) is 6.54 Å². The third kappa shape index (κ3) is 15.7. The van der Waals surface area contributed by atoms with E-state index in [-0.39, 0.29) is 78.3 Å². The summed E-state index contributed by atoms with van der Waals surface area (Å²) < 4.78 is 13.0. The zero-order valence-corrected chi connectivity index (χ0v) is 48.4. The number of rotatable bonds is 13. The van der Waals surface area contributed by atoms with Crippen LogP contribution in [0.5, 0.6) is 0 Å². The number of benzene rings is 1. The molecule has 1 aromatic carbocycles. The van der Waals surface area contributed by atoms with Gasteiger partial charge in [0.25, 0.3) is 0 Å². The van der Waals surface area contributed by atoms with E-state index in [4.69, 9.17) is 9.47 Å². The number of carbonyl (C=O) groups excluding carboxylic acids is 5. The first-order valence-electron chi connectivity index (χ1n) is 29.2. The van der Waals surface area contributed by atoms with Gasteiger partial charge in [-0.1, -0.05) is 121 Å². The largest absolute Gasteiger partial charge is 0.456 e. The Morgan fingerprint density at radius 3 is 2.27 bits per heavy atom. The summed E-state index contributed by atoms with van der Waals surface area (Å²) in [6, 6.07) is 7.64. The molecule has 1 aromatic rings. The number of aliphatic hydroxyl groups is 4. The van der Waals surface area contributed by atoms with Gasteiger partial charge in [-0.3, -0.25) is 19.2 Å². The number of hydrogen-bond acceptors (Lipinski definition) is 13. The van der Waals surface area contributed by atoms with Crippen LogP contribution in [-0.2, 0) is 33.4 Å². The molecule has 2 saturated heterocycles. The minimum absolute atomic E-state index is 0.00113. The van der Waals surface area contributed by atoms with Crippen molar-refractivity contribution in [3.63, 3.8) is 0 Å². The van der Waals surface area contributed by atoms with Gasteiger partial charge in [-0.25, -0.2) is 10.4 Å². The molecule has 6 unspecified atom stereocenters. The Morgan fingerprint density at radius 1 is 0.897 bits per heavy atom. The molecule has 20 atom stereocenters. The average molecular weight is 1090 g/mol. The molecule has 16 nitrogen and oxygen atoms in total. The SMILES string of the molecule is CC(=O)CC[C@H]1C(=O)N[C@@H](C(C)C)C(=O)NC2(C[C@H]2c2ccccc2)C(O)N2CCCC(N2)C(=O)O[C@H](/C(C)=C/C=C/CC[C@H](C)[C@@H](O)C[C@@H]2O[C@@H](C)CC3(CC3C)C(=O)N[C@@H](C)[C@@H](C)[C@H]2C)C/C=C/C=C/[C@H](O)[C@H](C)[C@H]1O. The van der Waals surface area contributed by atoms with Crippen LogP contribution in [0.2, 0.25) is 0 Å². The average Bonchev–Trinajstić information content (AvgIpc) is 4.49.